The molecule has 1 unspecified atom stereocenters. The highest BCUT2D eigenvalue weighted by atomic mass is 16.6. The zero-order valence-corrected chi connectivity index (χ0v) is 16.8. The van der Waals surface area contributed by atoms with E-state index in [1.54, 1.807) is 31.2 Å². The summed E-state index contributed by atoms with van der Waals surface area (Å²) in [5.74, 6) is -0.364. The number of ether oxygens (including phenoxy) is 4. The Bertz CT molecular complexity index is 798. The summed E-state index contributed by atoms with van der Waals surface area (Å²) in [5, 5.41) is 0. The molecule has 0 aromatic heterocycles. The average molecular weight is 398 g/mol. The molecule has 2 rings (SSSR count). The smallest absolute Gasteiger partial charge is 0.338 e. The Balaban J connectivity index is 1.86. The van der Waals surface area contributed by atoms with Crippen molar-refractivity contribution >= 4 is 11.9 Å². The number of carbonyl (C=O) groups excluding carboxylic acids is 2. The van der Waals surface area contributed by atoms with Crippen molar-refractivity contribution in [1.29, 1.82) is 0 Å². The van der Waals surface area contributed by atoms with Gasteiger partial charge in [0.05, 0.1) is 12.2 Å². The highest BCUT2D eigenvalue weighted by Gasteiger charge is 2.16. The molecule has 0 bridgehead atoms. The third-order valence-electron chi connectivity index (χ3n) is 3.87. The predicted octanol–water partition coefficient (Wildman–Crippen LogP) is 3.95. The van der Waals surface area contributed by atoms with Crippen LogP contribution in [0.5, 0.6) is 5.75 Å². The van der Waals surface area contributed by atoms with Gasteiger partial charge in [-0.15, -0.1) is 0 Å². The molecule has 6 heteroatoms. The summed E-state index contributed by atoms with van der Waals surface area (Å²) >= 11 is 0. The van der Waals surface area contributed by atoms with Crippen LogP contribution in [0.25, 0.3) is 0 Å². The number of hydrogen-bond donors (Lipinski definition) is 0. The van der Waals surface area contributed by atoms with Crippen molar-refractivity contribution in [3.8, 4) is 5.75 Å². The summed E-state index contributed by atoms with van der Waals surface area (Å²) in [4.78, 5) is 23.9. The lowest BCUT2D eigenvalue weighted by atomic mass is 10.2. The van der Waals surface area contributed by atoms with Crippen molar-refractivity contribution in [3.05, 3.63) is 77.9 Å². The lowest BCUT2D eigenvalue weighted by Crippen LogP contribution is -2.30. The minimum absolute atomic E-state index is 0.122. The Hall–Kier alpha value is -3.12. The summed E-state index contributed by atoms with van der Waals surface area (Å²) in [6, 6.07) is 16.0. The summed E-state index contributed by atoms with van der Waals surface area (Å²) in [7, 11) is 0. The van der Waals surface area contributed by atoms with Crippen LogP contribution in [0.15, 0.2) is 66.7 Å². The van der Waals surface area contributed by atoms with Crippen LogP contribution in [0.4, 0.5) is 0 Å². The van der Waals surface area contributed by atoms with Crippen molar-refractivity contribution < 1.29 is 28.5 Å². The van der Waals surface area contributed by atoms with Crippen LogP contribution < -0.4 is 4.74 Å². The van der Waals surface area contributed by atoms with E-state index in [4.69, 9.17) is 18.9 Å². The number of esters is 2. The van der Waals surface area contributed by atoms with E-state index in [2.05, 4.69) is 6.58 Å². The number of hydrogen-bond acceptors (Lipinski definition) is 6. The highest BCUT2D eigenvalue weighted by Crippen LogP contribution is 2.15. The lowest BCUT2D eigenvalue weighted by Gasteiger charge is -2.18. The zero-order chi connectivity index (χ0) is 21.1. The minimum atomic E-state index is -0.560. The van der Waals surface area contributed by atoms with Crippen molar-refractivity contribution in [2.75, 3.05) is 19.8 Å². The topological polar surface area (TPSA) is 71.1 Å². The Morgan fingerprint density at radius 1 is 1.00 bits per heavy atom. The van der Waals surface area contributed by atoms with Crippen molar-refractivity contribution in [1.82, 2.24) is 0 Å². The van der Waals surface area contributed by atoms with Gasteiger partial charge in [0.25, 0.3) is 0 Å². The summed E-state index contributed by atoms with van der Waals surface area (Å²) < 4.78 is 21.6. The number of rotatable bonds is 11. The maximum Gasteiger partial charge on any atom is 0.338 e. The Morgan fingerprint density at radius 2 is 1.69 bits per heavy atom. The SMILES string of the molecule is C=C(C)C(=O)OC(COCC)COc1ccc(C(=O)OCc2ccccc2)cc1. The largest absolute Gasteiger partial charge is 0.490 e. The second-order valence-electron chi connectivity index (χ2n) is 6.36. The molecule has 0 radical (unpaired) electrons. The van der Waals surface area contributed by atoms with Gasteiger partial charge in [-0.05, 0) is 43.7 Å². The molecule has 0 aliphatic rings. The van der Waals surface area contributed by atoms with Gasteiger partial charge in [-0.3, -0.25) is 0 Å². The first-order valence-corrected chi connectivity index (χ1v) is 9.37. The predicted molar refractivity (Wildman–Crippen MR) is 109 cm³/mol. The molecule has 2 aromatic rings. The molecular formula is C23H26O6. The van der Waals surface area contributed by atoms with Gasteiger partial charge in [0.1, 0.15) is 19.0 Å². The molecule has 0 aliphatic heterocycles. The van der Waals surface area contributed by atoms with E-state index in [-0.39, 0.29) is 19.8 Å². The minimum Gasteiger partial charge on any atom is -0.490 e. The molecule has 2 aromatic carbocycles. The highest BCUT2D eigenvalue weighted by molar-refractivity contribution is 5.89. The molecule has 0 saturated carbocycles. The number of benzene rings is 2. The van der Waals surface area contributed by atoms with E-state index in [1.807, 2.05) is 37.3 Å². The molecule has 0 heterocycles. The molecule has 6 nitrogen and oxygen atoms in total. The van der Waals surface area contributed by atoms with Crippen LogP contribution in [0.2, 0.25) is 0 Å². The van der Waals surface area contributed by atoms with Crippen molar-refractivity contribution in [3.63, 3.8) is 0 Å². The van der Waals surface area contributed by atoms with Gasteiger partial charge in [0.15, 0.2) is 6.10 Å². The maximum absolute atomic E-state index is 12.2. The van der Waals surface area contributed by atoms with Gasteiger partial charge in [0.2, 0.25) is 0 Å². The van der Waals surface area contributed by atoms with E-state index < -0.39 is 18.0 Å². The van der Waals surface area contributed by atoms with Crippen LogP contribution in [0.1, 0.15) is 29.8 Å². The summed E-state index contributed by atoms with van der Waals surface area (Å²) in [6.07, 6.45) is -0.560. The van der Waals surface area contributed by atoms with Crippen LogP contribution >= 0.6 is 0 Å². The Kier molecular flexibility index (Phi) is 8.92. The van der Waals surface area contributed by atoms with Crippen LogP contribution in [0.3, 0.4) is 0 Å². The Morgan fingerprint density at radius 3 is 2.31 bits per heavy atom. The molecule has 0 amide bonds. The molecular weight excluding hydrogens is 372 g/mol. The van der Waals surface area contributed by atoms with Crippen LogP contribution in [-0.2, 0) is 25.6 Å². The molecule has 0 saturated heterocycles. The molecule has 29 heavy (non-hydrogen) atoms. The Labute approximate surface area is 171 Å². The first-order chi connectivity index (χ1) is 14.0. The van der Waals surface area contributed by atoms with Gasteiger partial charge in [-0.25, -0.2) is 9.59 Å². The van der Waals surface area contributed by atoms with E-state index in [1.165, 1.54) is 0 Å². The standard InChI is InChI=1S/C23H26O6/c1-4-26-15-21(29-22(24)17(2)3)16-27-20-12-10-19(11-13-20)23(25)28-14-18-8-6-5-7-9-18/h5-13,21H,2,4,14-16H2,1,3H3. The van der Waals surface area contributed by atoms with Crippen LogP contribution in [-0.4, -0.2) is 37.9 Å². The second kappa shape index (κ2) is 11.7. The van der Waals surface area contributed by atoms with E-state index >= 15 is 0 Å². The third-order valence-corrected chi connectivity index (χ3v) is 3.87. The van der Waals surface area contributed by atoms with E-state index in [0.717, 1.165) is 5.56 Å². The number of carbonyl (C=O) groups is 2. The summed E-state index contributed by atoms with van der Waals surface area (Å²) in [6.45, 7) is 8.06. The van der Waals surface area contributed by atoms with Gasteiger partial charge >= 0.3 is 11.9 Å². The summed E-state index contributed by atoms with van der Waals surface area (Å²) in [5.41, 5.74) is 1.66. The normalized spacial score (nSPS) is 11.4. The van der Waals surface area contributed by atoms with E-state index in [9.17, 15) is 9.59 Å². The first-order valence-electron chi connectivity index (χ1n) is 9.37. The average Bonchev–Trinajstić information content (AvgIpc) is 2.74. The fourth-order valence-corrected chi connectivity index (χ4v) is 2.30. The lowest BCUT2D eigenvalue weighted by molar-refractivity contribution is -0.149. The monoisotopic (exact) mass is 398 g/mol. The van der Waals surface area contributed by atoms with Crippen LogP contribution in [0, 0.1) is 0 Å². The fourth-order valence-electron chi connectivity index (χ4n) is 2.30. The van der Waals surface area contributed by atoms with E-state index in [0.29, 0.717) is 23.5 Å². The molecule has 154 valence electrons. The zero-order valence-electron chi connectivity index (χ0n) is 16.8. The third kappa shape index (κ3) is 7.79. The van der Waals surface area contributed by atoms with Crippen molar-refractivity contribution in [2.24, 2.45) is 0 Å². The maximum atomic E-state index is 12.2. The fraction of sp³-hybridized carbons (Fsp3) is 0.304. The quantitative estimate of drug-likeness (QED) is 0.422. The molecule has 0 N–H and O–H groups in total. The molecule has 1 atom stereocenters. The molecule has 0 spiro atoms. The molecule has 0 aliphatic carbocycles. The molecule has 0 fully saturated rings. The van der Waals surface area contributed by atoms with Gasteiger partial charge in [-0.2, -0.15) is 0 Å². The van der Waals surface area contributed by atoms with Gasteiger partial charge in [0, 0.05) is 12.2 Å². The first kappa shape index (κ1) is 22.2. The van der Waals surface area contributed by atoms with Gasteiger partial charge < -0.3 is 18.9 Å². The van der Waals surface area contributed by atoms with Crippen molar-refractivity contribution in [2.45, 2.75) is 26.6 Å². The second-order valence-corrected chi connectivity index (χ2v) is 6.36. The van der Waals surface area contributed by atoms with Gasteiger partial charge in [-0.1, -0.05) is 36.9 Å².